The zero-order chi connectivity index (χ0) is 19.6. The first-order chi connectivity index (χ1) is 10.4. The lowest BCUT2D eigenvalue weighted by molar-refractivity contribution is -0.359. The molecule has 0 atom stereocenters. The fourth-order valence-corrected chi connectivity index (χ4v) is 1.09. The molecule has 15 heteroatoms. The van der Waals surface area contributed by atoms with Crippen LogP contribution in [0.3, 0.4) is 0 Å². The zero-order valence-corrected chi connectivity index (χ0v) is 12.5. The van der Waals surface area contributed by atoms with Gasteiger partial charge in [-0.25, -0.2) is 4.79 Å². The molecule has 0 aliphatic rings. The van der Waals surface area contributed by atoms with Crippen molar-refractivity contribution < 1.29 is 62.6 Å². The molecule has 0 aromatic heterocycles. The highest BCUT2D eigenvalue weighted by atomic mass is 79.9. The van der Waals surface area contributed by atoms with Gasteiger partial charge in [0.05, 0.1) is 6.42 Å². The molecule has 0 aliphatic heterocycles. The van der Waals surface area contributed by atoms with Crippen molar-refractivity contribution >= 4 is 22.1 Å². The van der Waals surface area contributed by atoms with Gasteiger partial charge < -0.3 is 9.47 Å². The highest BCUT2D eigenvalue weighted by molar-refractivity contribution is 9.10. The number of carbonyl (C=O) groups is 1. The van der Waals surface area contributed by atoms with Crippen LogP contribution >= 0.6 is 15.9 Å². The predicted octanol–water partition coefficient (Wildman–Crippen LogP) is 4.99. The Labute approximate surface area is 134 Å². The molecular formula is C9H6BrF11O3. The second-order valence-electron chi connectivity index (χ2n) is 4.12. The van der Waals surface area contributed by atoms with Gasteiger partial charge >= 0.3 is 34.9 Å². The Morgan fingerprint density at radius 2 is 1.25 bits per heavy atom. The molecule has 0 unspecified atom stereocenters. The fourth-order valence-electron chi connectivity index (χ4n) is 0.894. The highest BCUT2D eigenvalue weighted by Crippen LogP contribution is 2.46. The third-order valence-corrected chi connectivity index (χ3v) is 2.82. The van der Waals surface area contributed by atoms with Crippen LogP contribution in [0.2, 0.25) is 0 Å². The van der Waals surface area contributed by atoms with Gasteiger partial charge in [0.15, 0.2) is 6.61 Å². The number of hydrogen-bond donors (Lipinski definition) is 0. The van der Waals surface area contributed by atoms with E-state index in [9.17, 15) is 53.1 Å². The Bertz CT molecular complexity index is 443. The van der Waals surface area contributed by atoms with Crippen molar-refractivity contribution in [2.45, 2.75) is 35.2 Å². The fraction of sp³-hybridized carbons (Fsp3) is 0.889. The zero-order valence-electron chi connectivity index (χ0n) is 10.9. The summed E-state index contributed by atoms with van der Waals surface area (Å²) in [5, 5.41) is 0. The van der Waals surface area contributed by atoms with E-state index < -0.39 is 54.6 Å². The largest absolute Gasteiger partial charge is 0.508 e. The summed E-state index contributed by atoms with van der Waals surface area (Å²) < 4.78 is 142. The van der Waals surface area contributed by atoms with Gasteiger partial charge in [-0.05, 0) is 15.9 Å². The van der Waals surface area contributed by atoms with Crippen LogP contribution in [0.4, 0.5) is 53.1 Å². The van der Waals surface area contributed by atoms with Crippen LogP contribution in [-0.4, -0.2) is 48.1 Å². The van der Waals surface area contributed by atoms with Gasteiger partial charge in [-0.3, -0.25) is 0 Å². The molecule has 144 valence electrons. The quantitative estimate of drug-likeness (QED) is 0.311. The summed E-state index contributed by atoms with van der Waals surface area (Å²) in [4.78, 5) is 5.95. The van der Waals surface area contributed by atoms with E-state index in [1.807, 2.05) is 0 Å². The van der Waals surface area contributed by atoms with E-state index >= 15 is 0 Å². The lowest BCUT2D eigenvalue weighted by atomic mass is 10.2. The molecule has 0 heterocycles. The van der Waals surface area contributed by atoms with Gasteiger partial charge in [-0.1, -0.05) is 0 Å². The van der Waals surface area contributed by atoms with Crippen LogP contribution in [0.5, 0.6) is 0 Å². The van der Waals surface area contributed by atoms with E-state index in [0.29, 0.717) is 0 Å². The van der Waals surface area contributed by atoms with E-state index in [1.165, 1.54) is 15.9 Å². The topological polar surface area (TPSA) is 35.5 Å². The molecule has 0 spiro atoms. The summed E-state index contributed by atoms with van der Waals surface area (Å²) in [6.07, 6.45) is -10.8. The number of rotatable bonds is 7. The first-order valence-corrected chi connectivity index (χ1v) is 6.21. The Morgan fingerprint density at radius 3 is 1.62 bits per heavy atom. The average molecular weight is 451 g/mol. The third kappa shape index (κ3) is 5.51. The van der Waals surface area contributed by atoms with E-state index in [2.05, 4.69) is 9.47 Å². The average Bonchev–Trinajstić information content (AvgIpc) is 2.33. The number of halogens is 12. The van der Waals surface area contributed by atoms with Crippen molar-refractivity contribution in [3.05, 3.63) is 0 Å². The molecule has 0 bridgehead atoms. The van der Waals surface area contributed by atoms with Gasteiger partial charge in [0.2, 0.25) is 0 Å². The third-order valence-electron chi connectivity index (χ3n) is 2.24. The summed E-state index contributed by atoms with van der Waals surface area (Å²) in [7, 11) is 0. The summed E-state index contributed by atoms with van der Waals surface area (Å²) in [5.41, 5.74) is 0. The summed E-state index contributed by atoms with van der Waals surface area (Å²) in [6.45, 7) is -4.31. The maximum atomic E-state index is 12.7. The minimum atomic E-state index is -6.66. The predicted molar refractivity (Wildman–Crippen MR) is 56.7 cm³/mol. The van der Waals surface area contributed by atoms with Gasteiger partial charge in [0, 0.05) is 0 Å². The first kappa shape index (κ1) is 23.0. The van der Waals surface area contributed by atoms with Crippen LogP contribution in [0, 0.1) is 0 Å². The molecule has 24 heavy (non-hydrogen) atoms. The number of hydrogen-bond acceptors (Lipinski definition) is 3. The second kappa shape index (κ2) is 7.07. The second-order valence-corrected chi connectivity index (χ2v) is 5.11. The summed E-state index contributed by atoms with van der Waals surface area (Å²) in [6, 6.07) is 0. The minimum Gasteiger partial charge on any atom is -0.434 e. The van der Waals surface area contributed by atoms with E-state index in [1.54, 1.807) is 0 Å². The summed E-state index contributed by atoms with van der Waals surface area (Å²) in [5.74, 6) is -17.2. The van der Waals surface area contributed by atoms with Crippen LogP contribution in [-0.2, 0) is 9.47 Å². The van der Waals surface area contributed by atoms with Crippen molar-refractivity contribution in [2.75, 3.05) is 13.2 Å². The number of ether oxygens (including phenoxy) is 2. The normalized spacial score (nSPS) is 14.5. The molecule has 0 amide bonds. The van der Waals surface area contributed by atoms with E-state index in [4.69, 9.17) is 0 Å². The molecule has 0 aliphatic carbocycles. The van der Waals surface area contributed by atoms with Crippen LogP contribution in [0.25, 0.3) is 0 Å². The highest BCUT2D eigenvalue weighted by Gasteiger charge is 2.73. The SMILES string of the molecule is O=C(OCCC(F)(F)C(F)(F)Br)OCC(F)(F)C(F)(F)C(F)(F)F. The monoisotopic (exact) mass is 450 g/mol. The molecule has 0 rings (SSSR count). The molecule has 0 radical (unpaired) electrons. The van der Waals surface area contributed by atoms with Crippen molar-refractivity contribution in [3.8, 4) is 0 Å². The van der Waals surface area contributed by atoms with Crippen LogP contribution < -0.4 is 0 Å². The van der Waals surface area contributed by atoms with Crippen LogP contribution in [0.15, 0.2) is 0 Å². The van der Waals surface area contributed by atoms with Gasteiger partial charge in [-0.15, -0.1) is 0 Å². The number of alkyl halides is 12. The Hall–Kier alpha value is -1.02. The number of carbonyl (C=O) groups excluding carboxylic acids is 1. The van der Waals surface area contributed by atoms with E-state index in [-0.39, 0.29) is 0 Å². The molecule has 0 fully saturated rings. The molecular weight excluding hydrogens is 445 g/mol. The summed E-state index contributed by atoms with van der Waals surface area (Å²) >= 11 is 1.32. The minimum absolute atomic E-state index is 1.32. The Morgan fingerprint density at radius 1 is 0.792 bits per heavy atom. The molecule has 0 saturated carbocycles. The van der Waals surface area contributed by atoms with Crippen molar-refractivity contribution in [1.82, 2.24) is 0 Å². The molecule has 0 aromatic carbocycles. The Balaban J connectivity index is 4.52. The lowest BCUT2D eigenvalue weighted by Crippen LogP contribution is -2.54. The van der Waals surface area contributed by atoms with Gasteiger partial charge in [0.1, 0.15) is 6.61 Å². The van der Waals surface area contributed by atoms with Crippen molar-refractivity contribution in [2.24, 2.45) is 0 Å². The Kier molecular flexibility index (Phi) is 6.77. The van der Waals surface area contributed by atoms with Crippen molar-refractivity contribution in [3.63, 3.8) is 0 Å². The molecule has 3 nitrogen and oxygen atoms in total. The molecule has 0 N–H and O–H groups in total. The first-order valence-electron chi connectivity index (χ1n) is 5.41. The molecule has 0 aromatic rings. The van der Waals surface area contributed by atoms with Gasteiger partial charge in [-0.2, -0.15) is 48.3 Å². The van der Waals surface area contributed by atoms with Crippen molar-refractivity contribution in [1.29, 1.82) is 0 Å². The standard InChI is InChI=1S/C9H6BrF11O3/c10-8(17,18)5(11,12)1-2-23-4(22)24-3-6(13,14)7(15,16)9(19,20)21/h1-3H2. The smallest absolute Gasteiger partial charge is 0.434 e. The van der Waals surface area contributed by atoms with E-state index in [0.717, 1.165) is 0 Å². The maximum absolute atomic E-state index is 12.7. The van der Waals surface area contributed by atoms with Crippen LogP contribution in [0.1, 0.15) is 6.42 Å². The maximum Gasteiger partial charge on any atom is 0.508 e. The molecule has 0 saturated heterocycles. The lowest BCUT2D eigenvalue weighted by Gasteiger charge is -2.27. The van der Waals surface area contributed by atoms with Gasteiger partial charge in [0.25, 0.3) is 0 Å².